The fourth-order valence-electron chi connectivity index (χ4n) is 0.102. The van der Waals surface area contributed by atoms with E-state index in [0.29, 0.717) is 0 Å². The Bertz CT molecular complexity index is 237. The van der Waals surface area contributed by atoms with Gasteiger partial charge >= 0.3 is 74.0 Å². The van der Waals surface area contributed by atoms with Crippen molar-refractivity contribution in [3.05, 3.63) is 0 Å². The molecule has 0 spiro atoms. The summed E-state index contributed by atoms with van der Waals surface area (Å²) in [6.07, 6.45) is 0. The Hall–Kier alpha value is 0.807. The first kappa shape index (κ1) is 13.4. The Balaban J connectivity index is 0. The summed E-state index contributed by atoms with van der Waals surface area (Å²) >= 11 is -12.1. The van der Waals surface area contributed by atoms with Crippen LogP contribution in [0.4, 0.5) is 0 Å². The van der Waals surface area contributed by atoms with Crippen LogP contribution in [0.3, 0.4) is 0 Å². The molecule has 64 valence electrons. The van der Waals surface area contributed by atoms with Crippen molar-refractivity contribution in [1.29, 1.82) is 0 Å². The van der Waals surface area contributed by atoms with E-state index in [-0.39, 0.29) is 20.4 Å². The minimum atomic E-state index is -6.07. The van der Waals surface area contributed by atoms with Gasteiger partial charge in [-0.05, 0) is 0 Å². The molecule has 0 aliphatic rings. The van der Waals surface area contributed by atoms with Crippen molar-refractivity contribution in [1.82, 2.24) is 0 Å². The van der Waals surface area contributed by atoms with Gasteiger partial charge in [-0.2, -0.15) is 0 Å². The zero-order chi connectivity index (χ0) is 7.71. The molecular formula is Cr2O7Pd. The molecule has 7 nitrogen and oxygen atoms in total. The van der Waals surface area contributed by atoms with E-state index in [1.807, 2.05) is 0 Å². The van der Waals surface area contributed by atoms with Crippen LogP contribution in [0.15, 0.2) is 0 Å². The number of hydrogen-bond donors (Lipinski definition) is 0. The van der Waals surface area contributed by atoms with Crippen LogP contribution in [-0.2, 0) is 65.7 Å². The zero-order valence-corrected chi connectivity index (χ0v) is 8.10. The third kappa shape index (κ3) is 11.6. The van der Waals surface area contributed by atoms with Crippen molar-refractivity contribution in [3.63, 3.8) is 0 Å². The van der Waals surface area contributed by atoms with E-state index in [0.717, 1.165) is 0 Å². The monoisotopic (exact) mass is 322 g/mol. The van der Waals surface area contributed by atoms with Gasteiger partial charge in [0.2, 0.25) is 0 Å². The molecule has 0 N–H and O–H groups in total. The molecule has 0 amide bonds. The first-order valence-corrected chi connectivity index (χ1v) is 5.50. The van der Waals surface area contributed by atoms with Crippen LogP contribution in [0.2, 0.25) is 0 Å². The van der Waals surface area contributed by atoms with Gasteiger partial charge in [-0.3, -0.25) is 0 Å². The average Bonchev–Trinajstić information content (AvgIpc) is 1.14. The van der Waals surface area contributed by atoms with Crippen molar-refractivity contribution in [3.8, 4) is 0 Å². The summed E-state index contributed by atoms with van der Waals surface area (Å²) in [7, 11) is 0. The zero-order valence-electron chi connectivity index (χ0n) is 3.99. The van der Waals surface area contributed by atoms with E-state index in [9.17, 15) is 23.5 Å². The maximum Gasteiger partial charge on any atom is 2.00 e. The van der Waals surface area contributed by atoms with Gasteiger partial charge in [-0.25, -0.2) is 0 Å². The second kappa shape index (κ2) is 3.99. The third-order valence-electron chi connectivity index (χ3n) is 0.167. The first-order valence-electron chi connectivity index (χ1n) is 1.33. The van der Waals surface area contributed by atoms with Crippen molar-refractivity contribution < 1.29 is 74.0 Å². The largest absolute Gasteiger partial charge is 2.00 e. The summed E-state index contributed by atoms with van der Waals surface area (Å²) in [5, 5.41) is 0. The van der Waals surface area contributed by atoms with E-state index in [2.05, 4.69) is 2.84 Å². The van der Waals surface area contributed by atoms with Gasteiger partial charge in [0.25, 0.3) is 0 Å². The van der Waals surface area contributed by atoms with Crippen molar-refractivity contribution in [2.24, 2.45) is 0 Å². The topological polar surface area (TPSA) is 124 Å². The maximum absolute atomic E-state index is 9.38. The minimum absolute atomic E-state index is 0. The third-order valence-corrected chi connectivity index (χ3v) is 2.83. The molecule has 0 bridgehead atoms. The Kier molecular flexibility index (Phi) is 5.35. The van der Waals surface area contributed by atoms with E-state index in [4.69, 9.17) is 0 Å². The van der Waals surface area contributed by atoms with Crippen LogP contribution < -0.4 is 8.32 Å². The van der Waals surface area contributed by atoms with Gasteiger partial charge in [0.05, 0.1) is 0 Å². The van der Waals surface area contributed by atoms with Gasteiger partial charge < -0.3 is 0 Å². The molecule has 10 heteroatoms. The van der Waals surface area contributed by atoms with Crippen molar-refractivity contribution in [2.75, 3.05) is 0 Å². The van der Waals surface area contributed by atoms with Crippen LogP contribution in [-0.4, -0.2) is 0 Å². The average molecular weight is 322 g/mol. The van der Waals surface area contributed by atoms with Gasteiger partial charge in [-0.15, -0.1) is 0 Å². The van der Waals surface area contributed by atoms with Crippen molar-refractivity contribution >= 4 is 0 Å². The molecule has 0 aromatic carbocycles. The van der Waals surface area contributed by atoms with Gasteiger partial charge in [-0.1, -0.05) is 0 Å². The molecule has 0 saturated carbocycles. The molecule has 0 aliphatic carbocycles. The summed E-state index contributed by atoms with van der Waals surface area (Å²) in [5.41, 5.74) is 0. The van der Waals surface area contributed by atoms with E-state index < -0.39 is 27.2 Å². The van der Waals surface area contributed by atoms with Crippen LogP contribution in [0, 0.1) is 0 Å². The SMILES string of the molecule is [O]=[Cr](=[O])([O-])[O][Cr](=[O])(=[O])[O-].[Pd+2]. The molecule has 0 aromatic rings. The second-order valence-corrected chi connectivity index (χ2v) is 4.52. The Morgan fingerprint density at radius 1 is 0.900 bits per heavy atom. The molecule has 0 rings (SSSR count). The number of hydrogen-bond acceptors (Lipinski definition) is 7. The molecule has 0 aliphatic heterocycles. The fourth-order valence-corrected chi connectivity index (χ4v) is 1.74. The van der Waals surface area contributed by atoms with E-state index in [1.54, 1.807) is 0 Å². The summed E-state index contributed by atoms with van der Waals surface area (Å²) in [6, 6.07) is 0. The normalized spacial score (nSPS) is 12.2. The Morgan fingerprint density at radius 3 is 1.10 bits per heavy atom. The summed E-state index contributed by atoms with van der Waals surface area (Å²) in [5.74, 6) is 0. The van der Waals surface area contributed by atoms with Gasteiger partial charge in [0.1, 0.15) is 0 Å². The second-order valence-electron chi connectivity index (χ2n) is 0.885. The van der Waals surface area contributed by atoms with E-state index in [1.165, 1.54) is 0 Å². The van der Waals surface area contributed by atoms with Crippen LogP contribution in [0.5, 0.6) is 0 Å². The molecular weight excluding hydrogens is 322 g/mol. The first-order chi connectivity index (χ1) is 3.71. The van der Waals surface area contributed by atoms with Gasteiger partial charge in [0.15, 0.2) is 0 Å². The van der Waals surface area contributed by atoms with Crippen molar-refractivity contribution in [2.45, 2.75) is 0 Å². The minimum Gasteiger partial charge on any atom is 2.00 e. The molecule has 0 fully saturated rings. The summed E-state index contributed by atoms with van der Waals surface area (Å²) < 4.78 is 58.9. The van der Waals surface area contributed by atoms with Gasteiger partial charge in [0, 0.05) is 0 Å². The van der Waals surface area contributed by atoms with Crippen LogP contribution in [0.1, 0.15) is 0 Å². The van der Waals surface area contributed by atoms with Crippen LogP contribution >= 0.6 is 0 Å². The number of rotatable bonds is 2. The Morgan fingerprint density at radius 2 is 1.10 bits per heavy atom. The molecule has 10 heavy (non-hydrogen) atoms. The smallest absolute Gasteiger partial charge is 2.00 e. The molecule has 0 aromatic heterocycles. The Labute approximate surface area is 73.8 Å². The summed E-state index contributed by atoms with van der Waals surface area (Å²) in [4.78, 5) is 0. The maximum atomic E-state index is 9.38. The predicted octanol–water partition coefficient (Wildman–Crippen LogP) is -2.93. The van der Waals surface area contributed by atoms with Crippen LogP contribution in [0.25, 0.3) is 0 Å². The fraction of sp³-hybridized carbons (Fsp3) is 0. The molecule has 0 radical (unpaired) electrons. The molecule has 0 unspecified atom stereocenters. The molecule has 0 atom stereocenters. The molecule has 0 saturated heterocycles. The van der Waals surface area contributed by atoms with E-state index >= 15 is 0 Å². The molecule has 0 heterocycles. The quantitative estimate of drug-likeness (QED) is 0.498. The predicted molar refractivity (Wildman–Crippen MR) is 3.83 cm³/mol. The summed E-state index contributed by atoms with van der Waals surface area (Å²) in [6.45, 7) is 0. The standard InChI is InChI=1S/2Cr.7O.Pd/q;;;;;;;2*-1;+2.